The summed E-state index contributed by atoms with van der Waals surface area (Å²) < 4.78 is 5.25. The van der Waals surface area contributed by atoms with Crippen molar-refractivity contribution in [3.8, 4) is 5.75 Å². The lowest BCUT2D eigenvalue weighted by molar-refractivity contribution is 0.0998. The minimum Gasteiger partial charge on any atom is -0.497 e. The van der Waals surface area contributed by atoms with Gasteiger partial charge in [0.1, 0.15) is 5.75 Å². The van der Waals surface area contributed by atoms with Crippen molar-refractivity contribution in [2.45, 2.75) is 9.79 Å². The molecule has 0 aliphatic carbocycles. The molecule has 3 aromatic rings. The van der Waals surface area contributed by atoms with Gasteiger partial charge in [-0.25, -0.2) is 0 Å². The molecule has 0 N–H and O–H groups in total. The number of nitrogens with zero attached hydrogens (tertiary/aromatic N) is 1. The van der Waals surface area contributed by atoms with Crippen molar-refractivity contribution < 1.29 is 9.53 Å². The van der Waals surface area contributed by atoms with E-state index in [-0.39, 0.29) is 5.91 Å². The molecule has 25 heavy (non-hydrogen) atoms. The van der Waals surface area contributed by atoms with Crippen molar-refractivity contribution >= 4 is 40.6 Å². The molecule has 0 radical (unpaired) electrons. The minimum absolute atomic E-state index is 0.116. The second-order valence-corrected chi connectivity index (χ2v) is 7.07. The van der Waals surface area contributed by atoms with Gasteiger partial charge in [-0.1, -0.05) is 41.6 Å². The van der Waals surface area contributed by atoms with E-state index in [2.05, 4.69) is 0 Å². The number of ether oxygens (including phenoxy) is 1. The summed E-state index contributed by atoms with van der Waals surface area (Å²) in [6.07, 6.45) is 0. The second kappa shape index (κ2) is 6.47. The third kappa shape index (κ3) is 2.88. The Bertz CT molecular complexity index is 973. The monoisotopic (exact) mass is 367 g/mol. The number of anilines is 2. The highest BCUT2D eigenvalue weighted by molar-refractivity contribution is 7.99. The summed E-state index contributed by atoms with van der Waals surface area (Å²) >= 11 is 7.84. The van der Waals surface area contributed by atoms with Crippen LogP contribution in [0.4, 0.5) is 11.4 Å². The third-order valence-corrected chi connectivity index (χ3v) is 5.37. The molecular weight excluding hydrogens is 354 g/mol. The number of rotatable bonds is 2. The summed E-state index contributed by atoms with van der Waals surface area (Å²) in [5.41, 5.74) is 2.21. The Kier molecular flexibility index (Phi) is 4.15. The lowest BCUT2D eigenvalue weighted by Gasteiger charge is -2.31. The first-order chi connectivity index (χ1) is 12.2. The topological polar surface area (TPSA) is 29.5 Å². The first-order valence-corrected chi connectivity index (χ1v) is 8.92. The smallest absolute Gasteiger partial charge is 0.263 e. The van der Waals surface area contributed by atoms with Crippen LogP contribution in [0.1, 0.15) is 10.4 Å². The minimum atomic E-state index is -0.116. The molecule has 3 nitrogen and oxygen atoms in total. The molecule has 0 atom stereocenters. The van der Waals surface area contributed by atoms with Crippen LogP contribution in [-0.2, 0) is 0 Å². The third-order valence-electron chi connectivity index (χ3n) is 4.01. The summed E-state index contributed by atoms with van der Waals surface area (Å²) in [5.74, 6) is 0.534. The highest BCUT2D eigenvalue weighted by atomic mass is 35.5. The van der Waals surface area contributed by atoms with Crippen LogP contribution >= 0.6 is 23.4 Å². The molecule has 1 aliphatic heterocycles. The predicted molar refractivity (Wildman–Crippen MR) is 101 cm³/mol. The van der Waals surface area contributed by atoms with Gasteiger partial charge in [0.05, 0.1) is 18.5 Å². The average molecular weight is 368 g/mol. The first kappa shape index (κ1) is 16.1. The number of benzene rings is 3. The molecule has 124 valence electrons. The second-order valence-electron chi connectivity index (χ2n) is 5.55. The fourth-order valence-electron chi connectivity index (χ4n) is 2.83. The largest absolute Gasteiger partial charge is 0.497 e. The van der Waals surface area contributed by atoms with Gasteiger partial charge in [-0.3, -0.25) is 9.69 Å². The van der Waals surface area contributed by atoms with Gasteiger partial charge < -0.3 is 4.74 Å². The molecular formula is C20H14ClNO2S. The van der Waals surface area contributed by atoms with E-state index >= 15 is 0 Å². The van der Waals surface area contributed by atoms with Gasteiger partial charge >= 0.3 is 0 Å². The van der Waals surface area contributed by atoms with E-state index in [0.717, 1.165) is 21.2 Å². The van der Waals surface area contributed by atoms with Gasteiger partial charge in [0.15, 0.2) is 0 Å². The van der Waals surface area contributed by atoms with Gasteiger partial charge in [-0.15, -0.1) is 0 Å². The van der Waals surface area contributed by atoms with Crippen molar-refractivity contribution in [3.05, 3.63) is 77.3 Å². The van der Waals surface area contributed by atoms with Crippen molar-refractivity contribution in [3.63, 3.8) is 0 Å². The van der Waals surface area contributed by atoms with Crippen molar-refractivity contribution in [1.29, 1.82) is 0 Å². The number of fused-ring (bicyclic) bond motifs is 2. The van der Waals surface area contributed by atoms with Crippen LogP contribution < -0.4 is 9.64 Å². The number of halogens is 1. The lowest BCUT2D eigenvalue weighted by atomic mass is 10.1. The van der Waals surface area contributed by atoms with Crippen LogP contribution in [0.2, 0.25) is 5.02 Å². The van der Waals surface area contributed by atoms with E-state index in [1.165, 1.54) is 0 Å². The molecule has 0 fully saturated rings. The Balaban J connectivity index is 1.88. The number of carbonyl (C=O) groups excluding carboxylic acids is 1. The number of hydrogen-bond donors (Lipinski definition) is 0. The molecule has 3 aromatic carbocycles. The Morgan fingerprint density at radius 3 is 2.60 bits per heavy atom. The number of amides is 1. The molecule has 0 saturated carbocycles. The summed E-state index contributed by atoms with van der Waals surface area (Å²) in [4.78, 5) is 17.1. The Labute approximate surface area is 155 Å². The van der Waals surface area contributed by atoms with E-state index in [0.29, 0.717) is 16.3 Å². The molecule has 0 saturated heterocycles. The number of para-hydroxylation sites is 1. The van der Waals surface area contributed by atoms with Crippen molar-refractivity contribution in [2.24, 2.45) is 0 Å². The highest BCUT2D eigenvalue weighted by Gasteiger charge is 2.29. The molecule has 0 unspecified atom stereocenters. The highest BCUT2D eigenvalue weighted by Crippen LogP contribution is 2.49. The maximum atomic E-state index is 13.3. The molecule has 1 heterocycles. The molecule has 0 bridgehead atoms. The van der Waals surface area contributed by atoms with Crippen LogP contribution in [0.15, 0.2) is 76.5 Å². The molecule has 1 aliphatic rings. The van der Waals surface area contributed by atoms with Crippen LogP contribution in [-0.4, -0.2) is 13.0 Å². The zero-order chi connectivity index (χ0) is 17.4. The van der Waals surface area contributed by atoms with E-state index in [4.69, 9.17) is 16.3 Å². The summed E-state index contributed by atoms with van der Waals surface area (Å²) in [6.45, 7) is 0. The standard InChI is InChI=1S/C20H14ClNO2S/c1-24-15-6-4-5-13(11-15)20(23)22-16-7-2-3-8-18(16)25-19-10-9-14(21)12-17(19)22/h2-12H,1H3. The Hall–Kier alpha value is -2.43. The Morgan fingerprint density at radius 2 is 1.76 bits per heavy atom. The fourth-order valence-corrected chi connectivity index (χ4v) is 4.04. The van der Waals surface area contributed by atoms with E-state index in [1.54, 1.807) is 35.9 Å². The van der Waals surface area contributed by atoms with Crippen LogP contribution in [0.3, 0.4) is 0 Å². The van der Waals surface area contributed by atoms with E-state index in [1.807, 2.05) is 54.6 Å². The molecule has 4 rings (SSSR count). The number of carbonyl (C=O) groups is 1. The van der Waals surface area contributed by atoms with E-state index in [9.17, 15) is 4.79 Å². The average Bonchev–Trinajstić information content (AvgIpc) is 2.65. The van der Waals surface area contributed by atoms with Crippen LogP contribution in [0, 0.1) is 0 Å². The maximum absolute atomic E-state index is 13.3. The van der Waals surface area contributed by atoms with Gasteiger partial charge in [0.25, 0.3) is 5.91 Å². The van der Waals surface area contributed by atoms with E-state index < -0.39 is 0 Å². The molecule has 0 aromatic heterocycles. The van der Waals surface area contributed by atoms with Gasteiger partial charge in [0, 0.05) is 20.4 Å². The van der Waals surface area contributed by atoms with Gasteiger partial charge in [-0.2, -0.15) is 0 Å². The van der Waals surface area contributed by atoms with Crippen molar-refractivity contribution in [1.82, 2.24) is 0 Å². The molecule has 1 amide bonds. The maximum Gasteiger partial charge on any atom is 0.263 e. The number of methoxy groups -OCH3 is 1. The first-order valence-electron chi connectivity index (χ1n) is 7.72. The predicted octanol–water partition coefficient (Wildman–Crippen LogP) is 5.79. The van der Waals surface area contributed by atoms with Crippen LogP contribution in [0.25, 0.3) is 0 Å². The van der Waals surface area contributed by atoms with Crippen molar-refractivity contribution in [2.75, 3.05) is 12.0 Å². The zero-order valence-corrected chi connectivity index (χ0v) is 15.0. The normalized spacial score (nSPS) is 12.3. The lowest BCUT2D eigenvalue weighted by Crippen LogP contribution is -2.28. The summed E-state index contributed by atoms with van der Waals surface area (Å²) in [6, 6.07) is 20.7. The quantitative estimate of drug-likeness (QED) is 0.574. The van der Waals surface area contributed by atoms with Gasteiger partial charge in [0.2, 0.25) is 0 Å². The zero-order valence-electron chi connectivity index (χ0n) is 13.4. The number of hydrogen-bond acceptors (Lipinski definition) is 3. The summed E-state index contributed by atoms with van der Waals surface area (Å²) in [5, 5.41) is 0.599. The molecule has 0 spiro atoms. The Morgan fingerprint density at radius 1 is 0.960 bits per heavy atom. The molecule has 5 heteroatoms. The summed E-state index contributed by atoms with van der Waals surface area (Å²) in [7, 11) is 1.59. The SMILES string of the molecule is COc1cccc(C(=O)N2c3ccccc3Sc3ccc(Cl)cc32)c1. The van der Waals surface area contributed by atoms with Crippen LogP contribution in [0.5, 0.6) is 5.75 Å². The fraction of sp³-hybridized carbons (Fsp3) is 0.0500. The van der Waals surface area contributed by atoms with Gasteiger partial charge in [-0.05, 0) is 48.5 Å².